The van der Waals surface area contributed by atoms with Gasteiger partial charge in [0, 0.05) is 0 Å². The van der Waals surface area contributed by atoms with E-state index in [1.807, 2.05) is 13.0 Å². The third-order valence-corrected chi connectivity index (χ3v) is 5.15. The Balaban J connectivity index is 2.13. The maximum Gasteiger partial charge on any atom is 0.307 e. The molecule has 5 atom stereocenters. The predicted molar refractivity (Wildman–Crippen MR) is 73.2 cm³/mol. The molecule has 0 aromatic carbocycles. The molecular formula is C16H24O2. The lowest BCUT2D eigenvalue weighted by Gasteiger charge is -2.46. The van der Waals surface area contributed by atoms with Gasteiger partial charge in [-0.2, -0.15) is 0 Å². The molecule has 0 amide bonds. The largest absolute Gasteiger partial charge is 0.481 e. The van der Waals surface area contributed by atoms with Gasteiger partial charge in [-0.3, -0.25) is 4.79 Å². The summed E-state index contributed by atoms with van der Waals surface area (Å²) in [5.41, 5.74) is 1.85. The van der Waals surface area contributed by atoms with Gasteiger partial charge in [0.15, 0.2) is 0 Å². The number of allylic oxidation sites excluding steroid dienone is 4. The molecule has 0 spiro atoms. The van der Waals surface area contributed by atoms with Crippen molar-refractivity contribution in [2.75, 3.05) is 0 Å². The van der Waals surface area contributed by atoms with Crippen LogP contribution >= 0.6 is 0 Å². The van der Waals surface area contributed by atoms with Crippen molar-refractivity contribution in [2.45, 2.75) is 40.5 Å². The molecule has 100 valence electrons. The summed E-state index contributed by atoms with van der Waals surface area (Å²) in [4.78, 5) is 11.4. The number of carboxylic acid groups (broad SMARTS) is 1. The molecule has 1 N–H and O–H groups in total. The molecule has 2 aliphatic carbocycles. The van der Waals surface area contributed by atoms with Crippen LogP contribution in [0.15, 0.2) is 23.8 Å². The van der Waals surface area contributed by atoms with Crippen LogP contribution in [0, 0.1) is 29.1 Å². The summed E-state index contributed by atoms with van der Waals surface area (Å²) in [6.45, 7) is 8.63. The van der Waals surface area contributed by atoms with Gasteiger partial charge < -0.3 is 5.11 Å². The average Bonchev–Trinajstić information content (AvgIpc) is 2.98. The van der Waals surface area contributed by atoms with Crippen molar-refractivity contribution >= 4 is 5.97 Å². The summed E-state index contributed by atoms with van der Waals surface area (Å²) in [5.74, 6) is 0.0341. The zero-order valence-corrected chi connectivity index (χ0v) is 11.8. The van der Waals surface area contributed by atoms with Crippen molar-refractivity contribution in [3.63, 3.8) is 0 Å². The van der Waals surface area contributed by atoms with Crippen LogP contribution in [-0.4, -0.2) is 11.1 Å². The monoisotopic (exact) mass is 248 g/mol. The first-order valence-electron chi connectivity index (χ1n) is 7.01. The Kier molecular flexibility index (Phi) is 3.39. The van der Waals surface area contributed by atoms with Gasteiger partial charge in [-0.1, -0.05) is 44.6 Å². The minimum atomic E-state index is -0.642. The topological polar surface area (TPSA) is 37.3 Å². The smallest absolute Gasteiger partial charge is 0.307 e. The molecule has 0 aromatic heterocycles. The van der Waals surface area contributed by atoms with Gasteiger partial charge in [-0.15, -0.1) is 0 Å². The Morgan fingerprint density at radius 2 is 2.17 bits per heavy atom. The number of aliphatic carboxylic acids is 1. The Morgan fingerprint density at radius 3 is 2.61 bits per heavy atom. The minimum absolute atomic E-state index is 0.209. The number of hydrogen-bond donors (Lipinski definition) is 1. The summed E-state index contributed by atoms with van der Waals surface area (Å²) < 4.78 is 0. The second kappa shape index (κ2) is 4.56. The molecule has 0 bridgehead atoms. The third kappa shape index (κ3) is 2.02. The second-order valence-corrected chi connectivity index (χ2v) is 6.19. The van der Waals surface area contributed by atoms with Crippen molar-refractivity contribution in [2.24, 2.45) is 29.1 Å². The van der Waals surface area contributed by atoms with E-state index in [0.717, 1.165) is 12.8 Å². The van der Waals surface area contributed by atoms with Crippen molar-refractivity contribution in [3.05, 3.63) is 23.8 Å². The van der Waals surface area contributed by atoms with Gasteiger partial charge in [0.05, 0.1) is 5.92 Å². The maximum atomic E-state index is 11.4. The van der Waals surface area contributed by atoms with E-state index >= 15 is 0 Å². The zero-order valence-electron chi connectivity index (χ0n) is 11.8. The Labute approximate surface area is 110 Å². The number of carbonyl (C=O) groups is 1. The molecule has 0 aliphatic heterocycles. The second-order valence-electron chi connectivity index (χ2n) is 6.19. The third-order valence-electron chi connectivity index (χ3n) is 5.15. The molecule has 2 fully saturated rings. The molecule has 2 heteroatoms. The van der Waals surface area contributed by atoms with Crippen LogP contribution in [0.4, 0.5) is 0 Å². The quantitative estimate of drug-likeness (QED) is 0.766. The fourth-order valence-corrected chi connectivity index (χ4v) is 3.34. The summed E-state index contributed by atoms with van der Waals surface area (Å²) >= 11 is 0. The van der Waals surface area contributed by atoms with Crippen LogP contribution in [0.3, 0.4) is 0 Å². The molecule has 2 saturated carbocycles. The summed E-state index contributed by atoms with van der Waals surface area (Å²) in [6.07, 6.45) is 8.63. The Hall–Kier alpha value is -1.05. The molecule has 2 nitrogen and oxygen atoms in total. The van der Waals surface area contributed by atoms with E-state index in [2.05, 4.69) is 32.9 Å². The molecule has 18 heavy (non-hydrogen) atoms. The van der Waals surface area contributed by atoms with Gasteiger partial charge in [0.25, 0.3) is 0 Å². The van der Waals surface area contributed by atoms with Gasteiger partial charge in [0.1, 0.15) is 0 Å². The first kappa shape index (κ1) is 13.4. The highest BCUT2D eigenvalue weighted by molar-refractivity contribution is 5.73. The first-order chi connectivity index (χ1) is 8.44. The molecule has 0 saturated heterocycles. The highest BCUT2D eigenvalue weighted by Crippen LogP contribution is 2.57. The van der Waals surface area contributed by atoms with E-state index < -0.39 is 5.97 Å². The van der Waals surface area contributed by atoms with E-state index in [1.165, 1.54) is 5.57 Å². The van der Waals surface area contributed by atoms with Crippen LogP contribution < -0.4 is 0 Å². The first-order valence-corrected chi connectivity index (χ1v) is 7.01. The van der Waals surface area contributed by atoms with Crippen molar-refractivity contribution in [3.8, 4) is 0 Å². The van der Waals surface area contributed by atoms with Crippen LogP contribution in [0.5, 0.6) is 0 Å². The molecular weight excluding hydrogens is 224 g/mol. The zero-order chi connectivity index (χ0) is 13.5. The lowest BCUT2D eigenvalue weighted by Crippen LogP contribution is -2.47. The SMILES string of the molecule is C/C=C\C1C(C)C(/C=C2\C[C@@]2(C)CC)C1C(=O)O. The molecule has 0 aromatic rings. The molecule has 0 radical (unpaired) electrons. The molecule has 4 unspecified atom stereocenters. The number of hydrogen-bond acceptors (Lipinski definition) is 1. The van der Waals surface area contributed by atoms with Crippen LogP contribution in [0.25, 0.3) is 0 Å². The maximum absolute atomic E-state index is 11.4. The van der Waals surface area contributed by atoms with Crippen LogP contribution in [0.2, 0.25) is 0 Å². The van der Waals surface area contributed by atoms with Gasteiger partial charge in [0.2, 0.25) is 0 Å². The van der Waals surface area contributed by atoms with E-state index in [1.54, 1.807) is 0 Å². The fourth-order valence-electron chi connectivity index (χ4n) is 3.34. The lowest BCUT2D eigenvalue weighted by atomic mass is 9.57. The van der Waals surface area contributed by atoms with Gasteiger partial charge >= 0.3 is 5.97 Å². The summed E-state index contributed by atoms with van der Waals surface area (Å²) in [6, 6.07) is 0. The summed E-state index contributed by atoms with van der Waals surface area (Å²) in [7, 11) is 0. The normalized spacial score (nSPS) is 45.2. The highest BCUT2D eigenvalue weighted by Gasteiger charge is 2.51. The molecule has 0 heterocycles. The van der Waals surface area contributed by atoms with E-state index in [4.69, 9.17) is 0 Å². The molecule has 2 rings (SSSR count). The lowest BCUT2D eigenvalue weighted by molar-refractivity contribution is -0.152. The van der Waals surface area contributed by atoms with Crippen molar-refractivity contribution < 1.29 is 9.90 Å². The summed E-state index contributed by atoms with van der Waals surface area (Å²) in [5, 5.41) is 9.38. The Morgan fingerprint density at radius 1 is 1.50 bits per heavy atom. The van der Waals surface area contributed by atoms with Crippen LogP contribution in [-0.2, 0) is 4.79 Å². The minimum Gasteiger partial charge on any atom is -0.481 e. The standard InChI is InChI=1S/C16H24O2/c1-5-7-12-10(3)13(14(12)15(17)18)8-11-9-16(11,4)6-2/h5,7-8,10,12-14H,6,9H2,1-4H3,(H,17,18)/b7-5-,11-8+/t10?,12?,13?,14?,16-/m1/s1. The van der Waals surface area contributed by atoms with Crippen molar-refractivity contribution in [1.29, 1.82) is 0 Å². The fraction of sp³-hybridized carbons (Fsp3) is 0.688. The van der Waals surface area contributed by atoms with Gasteiger partial charge in [-0.05, 0) is 42.9 Å². The van der Waals surface area contributed by atoms with Gasteiger partial charge in [-0.25, -0.2) is 0 Å². The number of carboxylic acids is 1. The van der Waals surface area contributed by atoms with E-state index in [-0.39, 0.29) is 17.8 Å². The van der Waals surface area contributed by atoms with E-state index in [0.29, 0.717) is 11.3 Å². The average molecular weight is 248 g/mol. The Bertz CT molecular complexity index is 407. The highest BCUT2D eigenvalue weighted by atomic mass is 16.4. The van der Waals surface area contributed by atoms with E-state index in [9.17, 15) is 9.90 Å². The van der Waals surface area contributed by atoms with Crippen molar-refractivity contribution in [1.82, 2.24) is 0 Å². The molecule has 2 aliphatic rings. The predicted octanol–water partition coefficient (Wildman–Crippen LogP) is 3.89. The van der Waals surface area contributed by atoms with Crippen LogP contribution in [0.1, 0.15) is 40.5 Å². The number of rotatable bonds is 4.